The normalized spacial score (nSPS) is 16.6. The molecule has 5 aromatic rings. The number of hydrogen-bond donors (Lipinski definition) is 2. The number of nitrogens with zero attached hydrogens (tertiary/aromatic N) is 7. The number of piperidine rings is 1. The minimum atomic E-state index is 0.0570. The summed E-state index contributed by atoms with van der Waals surface area (Å²) in [6.07, 6.45) is 10.7. The highest BCUT2D eigenvalue weighted by Gasteiger charge is 2.22. The van der Waals surface area contributed by atoms with Crippen LogP contribution in [0.5, 0.6) is 0 Å². The van der Waals surface area contributed by atoms with E-state index in [0.29, 0.717) is 11.5 Å². The fraction of sp³-hybridized carbons (Fsp3) is 0.333. The van der Waals surface area contributed by atoms with Crippen molar-refractivity contribution in [2.45, 2.75) is 19.3 Å². The fourth-order valence-electron chi connectivity index (χ4n) is 5.76. The number of pyridine rings is 1. The lowest BCUT2D eigenvalue weighted by molar-refractivity contribution is 0.0726. The number of piperazine rings is 1. The molecule has 10 nitrogen and oxygen atoms in total. The molecule has 2 saturated heterocycles. The summed E-state index contributed by atoms with van der Waals surface area (Å²) < 4.78 is 1.77. The van der Waals surface area contributed by atoms with E-state index in [1.165, 1.54) is 12.1 Å². The predicted octanol–water partition coefficient (Wildman–Crippen LogP) is 4.39. The van der Waals surface area contributed by atoms with Gasteiger partial charge in [0.2, 0.25) is 5.95 Å². The minimum Gasteiger partial charge on any atom is -0.369 e. The number of amides is 1. The van der Waals surface area contributed by atoms with E-state index in [9.17, 15) is 4.79 Å². The molecular formula is C30H33N9O. The first-order valence-corrected chi connectivity index (χ1v) is 14.0. The molecule has 4 aromatic heterocycles. The molecule has 10 heteroatoms. The number of carbonyl (C=O) groups is 1. The van der Waals surface area contributed by atoms with Crippen molar-refractivity contribution in [2.75, 3.05) is 56.5 Å². The van der Waals surface area contributed by atoms with E-state index in [-0.39, 0.29) is 5.91 Å². The Morgan fingerprint density at radius 3 is 2.67 bits per heavy atom. The monoisotopic (exact) mass is 535 g/mol. The number of hydrogen-bond acceptors (Lipinski definition) is 7. The Balaban J connectivity index is 1.14. The summed E-state index contributed by atoms with van der Waals surface area (Å²) in [5.41, 5.74) is 6.33. The Bertz CT molecular complexity index is 1680. The van der Waals surface area contributed by atoms with Crippen LogP contribution in [0.3, 0.4) is 0 Å². The van der Waals surface area contributed by atoms with Gasteiger partial charge in [-0.25, -0.2) is 9.50 Å². The maximum absolute atomic E-state index is 13.2. The Morgan fingerprint density at radius 1 is 0.975 bits per heavy atom. The van der Waals surface area contributed by atoms with Crippen LogP contribution < -0.4 is 10.2 Å². The van der Waals surface area contributed by atoms with Crippen molar-refractivity contribution in [3.05, 3.63) is 66.7 Å². The van der Waals surface area contributed by atoms with Crippen LogP contribution in [0.1, 0.15) is 29.6 Å². The summed E-state index contributed by atoms with van der Waals surface area (Å²) >= 11 is 0. The van der Waals surface area contributed by atoms with Gasteiger partial charge >= 0.3 is 0 Å². The first kappa shape index (κ1) is 24.6. The third-order valence-corrected chi connectivity index (χ3v) is 8.11. The first-order chi connectivity index (χ1) is 19.6. The molecule has 2 aliphatic rings. The smallest absolute Gasteiger partial charge is 0.257 e. The van der Waals surface area contributed by atoms with Gasteiger partial charge in [0.1, 0.15) is 5.65 Å². The maximum atomic E-state index is 13.2. The van der Waals surface area contributed by atoms with Crippen molar-refractivity contribution in [1.82, 2.24) is 34.4 Å². The van der Waals surface area contributed by atoms with Crippen molar-refractivity contribution < 1.29 is 4.79 Å². The van der Waals surface area contributed by atoms with E-state index < -0.39 is 0 Å². The number of likely N-dealkylation sites (tertiary alicyclic amines) is 1. The third-order valence-electron chi connectivity index (χ3n) is 8.11. The van der Waals surface area contributed by atoms with Crippen LogP contribution in [-0.4, -0.2) is 86.6 Å². The summed E-state index contributed by atoms with van der Waals surface area (Å²) in [7, 11) is 2.17. The summed E-state index contributed by atoms with van der Waals surface area (Å²) in [4.78, 5) is 32.6. The predicted molar refractivity (Wildman–Crippen MR) is 157 cm³/mol. The number of benzene rings is 1. The Hall–Kier alpha value is -4.44. The molecule has 2 aliphatic heterocycles. The van der Waals surface area contributed by atoms with E-state index in [0.717, 1.165) is 85.5 Å². The van der Waals surface area contributed by atoms with Gasteiger partial charge in [-0.3, -0.25) is 4.79 Å². The molecule has 40 heavy (non-hydrogen) atoms. The fourth-order valence-corrected chi connectivity index (χ4v) is 5.76. The van der Waals surface area contributed by atoms with E-state index in [1.807, 2.05) is 41.7 Å². The molecule has 7 rings (SSSR count). The van der Waals surface area contributed by atoms with Gasteiger partial charge < -0.3 is 25.0 Å². The molecule has 0 atom stereocenters. The Morgan fingerprint density at radius 2 is 1.82 bits per heavy atom. The highest BCUT2D eigenvalue weighted by molar-refractivity contribution is 6.02. The van der Waals surface area contributed by atoms with Gasteiger partial charge in [-0.05, 0) is 62.2 Å². The van der Waals surface area contributed by atoms with Gasteiger partial charge in [0, 0.05) is 80.2 Å². The van der Waals surface area contributed by atoms with Crippen molar-refractivity contribution in [3.8, 4) is 11.1 Å². The van der Waals surface area contributed by atoms with Crippen LogP contribution in [0, 0.1) is 0 Å². The van der Waals surface area contributed by atoms with Crippen molar-refractivity contribution in [1.29, 1.82) is 0 Å². The molecule has 0 saturated carbocycles. The number of carbonyl (C=O) groups excluding carboxylic acids is 1. The Kier molecular flexibility index (Phi) is 6.31. The number of aromatic nitrogens is 5. The van der Waals surface area contributed by atoms with Gasteiger partial charge in [0.05, 0.1) is 17.3 Å². The van der Waals surface area contributed by atoms with E-state index in [2.05, 4.69) is 55.4 Å². The number of anilines is 3. The van der Waals surface area contributed by atoms with E-state index in [4.69, 9.17) is 4.98 Å². The largest absolute Gasteiger partial charge is 0.369 e. The highest BCUT2D eigenvalue weighted by Crippen LogP contribution is 2.30. The van der Waals surface area contributed by atoms with Crippen LogP contribution >= 0.6 is 0 Å². The van der Waals surface area contributed by atoms with Crippen LogP contribution in [0.2, 0.25) is 0 Å². The summed E-state index contributed by atoms with van der Waals surface area (Å²) in [6.45, 7) is 5.80. The summed E-state index contributed by atoms with van der Waals surface area (Å²) in [6, 6.07) is 12.5. The number of H-pyrrole nitrogens is 1. The quantitative estimate of drug-likeness (QED) is 0.344. The number of aromatic amines is 1. The standard InChI is InChI=1S/C30H33N9O/c1-36-12-14-37(15-13-36)23-7-5-6-22(17-23)34-30-32-19-25-24(18-31-28(25)35-30)21-8-11-39-27(16-21)26(20-33-39)29(40)38-9-3-2-4-10-38/h5-8,11,16-20H,2-4,9-10,12-15H2,1H3,(H2,31,32,34,35). The van der Waals surface area contributed by atoms with Crippen molar-refractivity contribution in [3.63, 3.8) is 0 Å². The number of fused-ring (bicyclic) bond motifs is 2. The highest BCUT2D eigenvalue weighted by atomic mass is 16.2. The summed E-state index contributed by atoms with van der Waals surface area (Å²) in [5, 5.41) is 8.73. The molecular weight excluding hydrogens is 502 g/mol. The van der Waals surface area contributed by atoms with Gasteiger partial charge in [0.25, 0.3) is 5.91 Å². The van der Waals surface area contributed by atoms with Crippen LogP contribution in [-0.2, 0) is 0 Å². The zero-order valence-corrected chi connectivity index (χ0v) is 22.7. The second-order valence-corrected chi connectivity index (χ2v) is 10.8. The second kappa shape index (κ2) is 10.3. The minimum absolute atomic E-state index is 0.0570. The zero-order chi connectivity index (χ0) is 27.1. The number of likely N-dealkylation sites (N-methyl/N-ethyl adjacent to an activating group) is 1. The molecule has 204 valence electrons. The topological polar surface area (TPSA) is 97.7 Å². The third kappa shape index (κ3) is 4.64. The van der Waals surface area contributed by atoms with E-state index in [1.54, 1.807) is 10.7 Å². The molecule has 1 amide bonds. The SMILES string of the molecule is CN1CCN(c2cccc(Nc3ncc4c(-c5ccn6ncc(C(=O)N7CCCCC7)c6c5)c[nH]c4n3)c2)CC1. The van der Waals surface area contributed by atoms with Gasteiger partial charge in [-0.2, -0.15) is 10.1 Å². The molecule has 0 unspecified atom stereocenters. The number of nitrogens with one attached hydrogen (secondary N) is 2. The molecule has 0 spiro atoms. The van der Waals surface area contributed by atoms with Gasteiger partial charge in [-0.1, -0.05) is 6.07 Å². The second-order valence-electron chi connectivity index (χ2n) is 10.8. The zero-order valence-electron chi connectivity index (χ0n) is 22.7. The molecule has 6 heterocycles. The molecule has 2 N–H and O–H groups in total. The Labute approximate surface area is 232 Å². The van der Waals surface area contributed by atoms with Crippen LogP contribution in [0.4, 0.5) is 17.3 Å². The molecule has 0 radical (unpaired) electrons. The van der Waals surface area contributed by atoms with Crippen molar-refractivity contribution >= 4 is 39.8 Å². The lowest BCUT2D eigenvalue weighted by Gasteiger charge is -2.34. The van der Waals surface area contributed by atoms with Crippen LogP contribution in [0.15, 0.2) is 61.2 Å². The van der Waals surface area contributed by atoms with Gasteiger partial charge in [-0.15, -0.1) is 0 Å². The number of rotatable bonds is 5. The molecule has 0 aliphatic carbocycles. The molecule has 2 fully saturated rings. The van der Waals surface area contributed by atoms with Crippen molar-refractivity contribution in [2.24, 2.45) is 0 Å². The maximum Gasteiger partial charge on any atom is 0.257 e. The summed E-state index contributed by atoms with van der Waals surface area (Å²) in [5.74, 6) is 0.596. The lowest BCUT2D eigenvalue weighted by atomic mass is 10.1. The molecule has 0 bridgehead atoms. The van der Waals surface area contributed by atoms with E-state index >= 15 is 0 Å². The average Bonchev–Trinajstić information content (AvgIpc) is 3.61. The first-order valence-electron chi connectivity index (χ1n) is 14.0. The van der Waals surface area contributed by atoms with Gasteiger partial charge in [0.15, 0.2) is 0 Å². The molecule has 1 aromatic carbocycles. The lowest BCUT2D eigenvalue weighted by Crippen LogP contribution is -2.44. The average molecular weight is 536 g/mol. The van der Waals surface area contributed by atoms with Crippen LogP contribution in [0.25, 0.3) is 27.7 Å².